The molecular weight excluding hydrogens is 402 g/mol. The molecule has 3 heterocycles. The summed E-state index contributed by atoms with van der Waals surface area (Å²) in [4.78, 5) is 7.04. The number of aromatic nitrogens is 3. The molecule has 3 aromatic heterocycles. The zero-order valence-electron chi connectivity index (χ0n) is 18.5. The van der Waals surface area contributed by atoms with E-state index in [4.69, 9.17) is 9.41 Å². The van der Waals surface area contributed by atoms with Crippen LogP contribution in [0.5, 0.6) is 0 Å². The van der Waals surface area contributed by atoms with E-state index in [-0.39, 0.29) is 0 Å². The molecule has 32 heavy (non-hydrogen) atoms. The van der Waals surface area contributed by atoms with E-state index in [9.17, 15) is 0 Å². The quantitative estimate of drug-likeness (QED) is 0.313. The van der Waals surface area contributed by atoms with Gasteiger partial charge in [-0.25, -0.2) is 4.99 Å². The van der Waals surface area contributed by atoms with Crippen molar-refractivity contribution >= 4 is 11.6 Å². The van der Waals surface area contributed by atoms with E-state index in [1.807, 2.05) is 40.9 Å². The largest absolute Gasteiger partial charge is 0.468 e. The molecule has 0 aliphatic carbocycles. The van der Waals surface area contributed by atoms with Crippen LogP contribution in [-0.4, -0.2) is 39.0 Å². The number of hydrogen-bond acceptors (Lipinski definition) is 5. The molecule has 0 spiro atoms. The van der Waals surface area contributed by atoms with E-state index in [0.717, 1.165) is 42.8 Å². The number of pyridine rings is 1. The Morgan fingerprint density at radius 2 is 1.84 bits per heavy atom. The van der Waals surface area contributed by atoms with Crippen molar-refractivity contribution < 1.29 is 4.42 Å². The summed E-state index contributed by atoms with van der Waals surface area (Å²) in [6.07, 6.45) is 3.68. The Morgan fingerprint density at radius 3 is 2.66 bits per heavy atom. The number of nitrogens with zero attached hydrogens (tertiary/aromatic N) is 5. The summed E-state index contributed by atoms with van der Waals surface area (Å²) in [5, 5.41) is 15.2. The van der Waals surface area contributed by atoms with Crippen LogP contribution in [0.25, 0.3) is 5.65 Å². The first-order chi connectivity index (χ1) is 15.7. The van der Waals surface area contributed by atoms with Gasteiger partial charge in [-0.3, -0.25) is 9.30 Å². The lowest BCUT2D eigenvalue weighted by Gasteiger charge is -2.17. The first-order valence-corrected chi connectivity index (χ1v) is 10.8. The highest BCUT2D eigenvalue weighted by Crippen LogP contribution is 2.14. The molecular formula is C24H29N7O. The van der Waals surface area contributed by atoms with Crippen molar-refractivity contribution in [3.63, 3.8) is 0 Å². The average Bonchev–Trinajstić information content (AvgIpc) is 3.46. The highest BCUT2D eigenvalue weighted by molar-refractivity contribution is 5.79. The van der Waals surface area contributed by atoms with Gasteiger partial charge < -0.3 is 15.1 Å². The van der Waals surface area contributed by atoms with Gasteiger partial charge in [0.25, 0.3) is 0 Å². The Morgan fingerprint density at radius 1 is 1.00 bits per heavy atom. The maximum atomic E-state index is 5.47. The number of furan rings is 1. The summed E-state index contributed by atoms with van der Waals surface area (Å²) >= 11 is 0. The van der Waals surface area contributed by atoms with Crippen molar-refractivity contribution in [2.45, 2.75) is 33.1 Å². The fourth-order valence-corrected chi connectivity index (χ4v) is 3.56. The Bertz CT molecular complexity index is 1150. The summed E-state index contributed by atoms with van der Waals surface area (Å²) in [5.41, 5.74) is 3.28. The number of aliphatic imine (C=N–C) groups is 1. The third-order valence-corrected chi connectivity index (χ3v) is 5.11. The minimum absolute atomic E-state index is 0.532. The molecule has 4 aromatic rings. The fourth-order valence-electron chi connectivity index (χ4n) is 3.56. The van der Waals surface area contributed by atoms with Crippen LogP contribution in [0.2, 0.25) is 0 Å². The second-order valence-electron chi connectivity index (χ2n) is 7.61. The molecule has 0 saturated heterocycles. The molecule has 0 aliphatic rings. The van der Waals surface area contributed by atoms with Crippen molar-refractivity contribution in [2.75, 3.05) is 13.6 Å². The standard InChI is InChI=1S/C24H29N7O/c1-3-25-24(27-16-23-29-28-22-12-6-7-13-31(22)23)26-15-19-9-4-5-10-20(19)17-30(2)18-21-11-8-14-32-21/h4-14H,3,15-18H2,1-2H3,(H2,25,26,27). The molecule has 8 heteroatoms. The second-order valence-corrected chi connectivity index (χ2v) is 7.61. The van der Waals surface area contributed by atoms with Gasteiger partial charge >= 0.3 is 0 Å². The molecule has 0 saturated carbocycles. The first-order valence-electron chi connectivity index (χ1n) is 10.8. The average molecular weight is 432 g/mol. The Labute approximate surface area is 188 Å². The van der Waals surface area contributed by atoms with Crippen LogP contribution in [0, 0.1) is 0 Å². The molecule has 0 bridgehead atoms. The van der Waals surface area contributed by atoms with Crippen molar-refractivity contribution in [1.82, 2.24) is 30.1 Å². The number of benzene rings is 1. The van der Waals surface area contributed by atoms with Gasteiger partial charge in [0.05, 0.1) is 25.9 Å². The molecule has 166 valence electrons. The van der Waals surface area contributed by atoms with Crippen molar-refractivity contribution in [3.05, 3.63) is 89.8 Å². The molecule has 0 atom stereocenters. The highest BCUT2D eigenvalue weighted by Gasteiger charge is 2.09. The van der Waals surface area contributed by atoms with Crippen LogP contribution >= 0.6 is 0 Å². The fraction of sp³-hybridized carbons (Fsp3) is 0.292. The van der Waals surface area contributed by atoms with E-state index in [1.165, 1.54) is 11.1 Å². The number of nitrogens with one attached hydrogen (secondary N) is 2. The highest BCUT2D eigenvalue weighted by atomic mass is 16.3. The summed E-state index contributed by atoms with van der Waals surface area (Å²) in [7, 11) is 2.09. The molecule has 0 aliphatic heterocycles. The van der Waals surface area contributed by atoms with Crippen molar-refractivity contribution in [3.8, 4) is 0 Å². The summed E-state index contributed by atoms with van der Waals surface area (Å²) in [5.74, 6) is 2.55. The SMILES string of the molecule is CCNC(=NCc1ccccc1CN(C)Cc1ccco1)NCc1nnc2ccccn12. The monoisotopic (exact) mass is 431 g/mol. The lowest BCUT2D eigenvalue weighted by atomic mass is 10.1. The van der Waals surface area contributed by atoms with E-state index in [2.05, 4.69) is 64.0 Å². The van der Waals surface area contributed by atoms with Crippen molar-refractivity contribution in [1.29, 1.82) is 0 Å². The van der Waals surface area contributed by atoms with E-state index in [1.54, 1.807) is 6.26 Å². The van der Waals surface area contributed by atoms with E-state index >= 15 is 0 Å². The molecule has 8 nitrogen and oxygen atoms in total. The van der Waals surface area contributed by atoms with Crippen LogP contribution in [-0.2, 0) is 26.2 Å². The van der Waals surface area contributed by atoms with Crippen LogP contribution in [0.3, 0.4) is 0 Å². The lowest BCUT2D eigenvalue weighted by Crippen LogP contribution is -2.37. The minimum Gasteiger partial charge on any atom is -0.468 e. The van der Waals surface area contributed by atoms with Gasteiger partial charge in [0.15, 0.2) is 17.4 Å². The number of guanidine groups is 1. The smallest absolute Gasteiger partial charge is 0.191 e. The molecule has 0 radical (unpaired) electrons. The zero-order chi connectivity index (χ0) is 22.2. The maximum Gasteiger partial charge on any atom is 0.191 e. The minimum atomic E-state index is 0.532. The van der Waals surface area contributed by atoms with Gasteiger partial charge in [-0.2, -0.15) is 0 Å². The third kappa shape index (κ3) is 5.53. The summed E-state index contributed by atoms with van der Waals surface area (Å²) in [6.45, 7) is 5.54. The molecule has 0 unspecified atom stereocenters. The van der Waals surface area contributed by atoms with Crippen LogP contribution in [0.15, 0.2) is 76.5 Å². The molecule has 0 fully saturated rings. The second kappa shape index (κ2) is 10.6. The number of fused-ring (bicyclic) bond motifs is 1. The predicted molar refractivity (Wildman–Crippen MR) is 125 cm³/mol. The normalized spacial score (nSPS) is 11.9. The summed E-state index contributed by atoms with van der Waals surface area (Å²) < 4.78 is 7.44. The lowest BCUT2D eigenvalue weighted by molar-refractivity contribution is 0.287. The Kier molecular flexibility index (Phi) is 7.14. The number of hydrogen-bond donors (Lipinski definition) is 2. The van der Waals surface area contributed by atoms with Gasteiger partial charge in [0.2, 0.25) is 0 Å². The van der Waals surface area contributed by atoms with Crippen LogP contribution in [0.4, 0.5) is 0 Å². The van der Waals surface area contributed by atoms with Gasteiger partial charge in [0.1, 0.15) is 5.76 Å². The Balaban J connectivity index is 1.41. The zero-order valence-corrected chi connectivity index (χ0v) is 18.5. The molecule has 2 N–H and O–H groups in total. The van der Waals surface area contributed by atoms with Gasteiger partial charge in [0, 0.05) is 19.3 Å². The van der Waals surface area contributed by atoms with Gasteiger partial charge in [-0.15, -0.1) is 10.2 Å². The third-order valence-electron chi connectivity index (χ3n) is 5.11. The maximum absolute atomic E-state index is 5.47. The van der Waals surface area contributed by atoms with Crippen LogP contribution < -0.4 is 10.6 Å². The Hall–Kier alpha value is -3.65. The molecule has 0 amide bonds. The summed E-state index contributed by atoms with van der Waals surface area (Å²) in [6, 6.07) is 18.2. The molecule has 4 rings (SSSR count). The van der Waals surface area contributed by atoms with E-state index in [0.29, 0.717) is 13.1 Å². The predicted octanol–water partition coefficient (Wildman–Crippen LogP) is 3.21. The molecule has 1 aromatic carbocycles. The van der Waals surface area contributed by atoms with E-state index < -0.39 is 0 Å². The van der Waals surface area contributed by atoms with Gasteiger partial charge in [-0.1, -0.05) is 30.3 Å². The number of rotatable bonds is 9. The van der Waals surface area contributed by atoms with Crippen LogP contribution in [0.1, 0.15) is 29.6 Å². The topological polar surface area (TPSA) is 83.0 Å². The van der Waals surface area contributed by atoms with Gasteiger partial charge in [-0.05, 0) is 49.4 Å². The van der Waals surface area contributed by atoms with Crippen molar-refractivity contribution in [2.24, 2.45) is 4.99 Å². The first kappa shape index (κ1) is 21.6.